The summed E-state index contributed by atoms with van der Waals surface area (Å²) in [7, 11) is 0. The number of nitrogens with zero attached hydrogens (tertiary/aromatic N) is 2. The van der Waals surface area contributed by atoms with Crippen LogP contribution in [0.25, 0.3) is 0 Å². The summed E-state index contributed by atoms with van der Waals surface area (Å²) < 4.78 is 5.33. The van der Waals surface area contributed by atoms with Crippen LogP contribution in [0.15, 0.2) is 4.52 Å². The fourth-order valence-electron chi connectivity index (χ4n) is 3.53. The number of aliphatic hydroxyl groups is 1. The molecule has 1 N–H and O–H groups in total. The SMILES string of the molecule is CC(C)(C)C(O)Cc1nc(C2CC3CCC2C3)no1. The van der Waals surface area contributed by atoms with E-state index in [1.807, 2.05) is 20.8 Å². The molecule has 0 saturated heterocycles. The maximum absolute atomic E-state index is 10.1. The third-order valence-corrected chi connectivity index (χ3v) is 4.92. The van der Waals surface area contributed by atoms with Crippen molar-refractivity contribution in [3.8, 4) is 0 Å². The van der Waals surface area contributed by atoms with Gasteiger partial charge in [0.15, 0.2) is 5.82 Å². The van der Waals surface area contributed by atoms with E-state index in [1.165, 1.54) is 25.7 Å². The van der Waals surface area contributed by atoms with Gasteiger partial charge in [-0.2, -0.15) is 4.98 Å². The van der Waals surface area contributed by atoms with E-state index in [2.05, 4.69) is 10.1 Å². The highest BCUT2D eigenvalue weighted by Gasteiger charge is 2.42. The van der Waals surface area contributed by atoms with Crippen molar-refractivity contribution in [3.05, 3.63) is 11.7 Å². The number of rotatable bonds is 3. The van der Waals surface area contributed by atoms with E-state index in [0.717, 1.165) is 17.7 Å². The molecule has 4 atom stereocenters. The van der Waals surface area contributed by atoms with Crippen molar-refractivity contribution >= 4 is 0 Å². The third kappa shape index (κ3) is 2.55. The Morgan fingerprint density at radius 3 is 2.68 bits per heavy atom. The fraction of sp³-hybridized carbons (Fsp3) is 0.867. The van der Waals surface area contributed by atoms with Crippen LogP contribution in [0.3, 0.4) is 0 Å². The zero-order valence-electron chi connectivity index (χ0n) is 12.1. The van der Waals surface area contributed by atoms with E-state index in [1.54, 1.807) is 0 Å². The molecular formula is C15H24N2O2. The highest BCUT2D eigenvalue weighted by Crippen LogP contribution is 2.52. The summed E-state index contributed by atoms with van der Waals surface area (Å²) in [6.45, 7) is 6.06. The van der Waals surface area contributed by atoms with Gasteiger partial charge in [0, 0.05) is 5.92 Å². The molecule has 2 saturated carbocycles. The second-order valence-electron chi connectivity index (χ2n) is 7.41. The quantitative estimate of drug-likeness (QED) is 0.912. The first-order chi connectivity index (χ1) is 8.93. The summed E-state index contributed by atoms with van der Waals surface area (Å²) in [5.41, 5.74) is -0.152. The summed E-state index contributed by atoms with van der Waals surface area (Å²) in [6.07, 6.45) is 5.29. The van der Waals surface area contributed by atoms with E-state index < -0.39 is 6.10 Å². The molecule has 3 rings (SSSR count). The summed E-state index contributed by atoms with van der Waals surface area (Å²) in [6, 6.07) is 0. The molecule has 1 heterocycles. The van der Waals surface area contributed by atoms with Gasteiger partial charge in [-0.05, 0) is 36.5 Å². The van der Waals surface area contributed by atoms with Crippen LogP contribution in [0.5, 0.6) is 0 Å². The Bertz CT molecular complexity index is 449. The van der Waals surface area contributed by atoms with Gasteiger partial charge in [-0.15, -0.1) is 0 Å². The maximum Gasteiger partial charge on any atom is 0.229 e. The van der Waals surface area contributed by atoms with Crippen molar-refractivity contribution in [1.29, 1.82) is 0 Å². The molecule has 2 bridgehead atoms. The monoisotopic (exact) mass is 264 g/mol. The van der Waals surface area contributed by atoms with E-state index in [9.17, 15) is 5.11 Å². The predicted octanol–water partition coefficient (Wildman–Crippen LogP) is 2.92. The molecule has 1 aromatic rings. The number of aliphatic hydroxyl groups excluding tert-OH is 1. The Morgan fingerprint density at radius 1 is 1.32 bits per heavy atom. The molecule has 19 heavy (non-hydrogen) atoms. The minimum atomic E-state index is -0.444. The standard InChI is InChI=1S/C15H24N2O2/c1-15(2,3)12(18)8-13-16-14(17-19-13)11-7-9-4-5-10(11)6-9/h9-12,18H,4-8H2,1-3H3. The average molecular weight is 264 g/mol. The molecule has 2 aliphatic rings. The van der Waals surface area contributed by atoms with Crippen molar-refractivity contribution in [2.24, 2.45) is 17.3 Å². The molecule has 0 radical (unpaired) electrons. The summed E-state index contributed by atoms with van der Waals surface area (Å²) in [5.74, 6) is 3.62. The molecule has 106 valence electrons. The largest absolute Gasteiger partial charge is 0.392 e. The van der Waals surface area contributed by atoms with E-state index in [4.69, 9.17) is 4.52 Å². The normalized spacial score (nSPS) is 31.9. The lowest BCUT2D eigenvalue weighted by molar-refractivity contribution is 0.0565. The van der Waals surface area contributed by atoms with Crippen LogP contribution in [0.4, 0.5) is 0 Å². The molecule has 2 fully saturated rings. The van der Waals surface area contributed by atoms with E-state index in [-0.39, 0.29) is 5.41 Å². The molecular weight excluding hydrogens is 240 g/mol. The molecule has 4 unspecified atom stereocenters. The van der Waals surface area contributed by atoms with Crippen LogP contribution in [0, 0.1) is 17.3 Å². The van der Waals surface area contributed by atoms with Gasteiger partial charge < -0.3 is 9.63 Å². The topological polar surface area (TPSA) is 59.2 Å². The van der Waals surface area contributed by atoms with Gasteiger partial charge in [-0.25, -0.2) is 0 Å². The lowest BCUT2D eigenvalue weighted by atomic mass is 9.87. The average Bonchev–Trinajstić information content (AvgIpc) is 3.02. The van der Waals surface area contributed by atoms with Crippen molar-refractivity contribution in [1.82, 2.24) is 10.1 Å². The molecule has 1 aromatic heterocycles. The smallest absolute Gasteiger partial charge is 0.229 e. The highest BCUT2D eigenvalue weighted by molar-refractivity contribution is 5.06. The minimum absolute atomic E-state index is 0.152. The van der Waals surface area contributed by atoms with Gasteiger partial charge in [0.25, 0.3) is 0 Å². The minimum Gasteiger partial charge on any atom is -0.392 e. The van der Waals surface area contributed by atoms with Gasteiger partial charge in [0.1, 0.15) is 0 Å². The Labute approximate surface area is 114 Å². The zero-order valence-corrected chi connectivity index (χ0v) is 12.1. The second kappa shape index (κ2) is 4.58. The van der Waals surface area contributed by atoms with Crippen LogP contribution >= 0.6 is 0 Å². The van der Waals surface area contributed by atoms with Gasteiger partial charge in [-0.3, -0.25) is 0 Å². The van der Waals surface area contributed by atoms with Gasteiger partial charge in [0.05, 0.1) is 12.5 Å². The van der Waals surface area contributed by atoms with Crippen molar-refractivity contribution < 1.29 is 9.63 Å². The van der Waals surface area contributed by atoms with Crippen molar-refractivity contribution in [2.75, 3.05) is 0 Å². The van der Waals surface area contributed by atoms with E-state index >= 15 is 0 Å². The zero-order chi connectivity index (χ0) is 13.6. The first kappa shape index (κ1) is 13.1. The van der Waals surface area contributed by atoms with Gasteiger partial charge >= 0.3 is 0 Å². The molecule has 0 amide bonds. The number of hydrogen-bond acceptors (Lipinski definition) is 4. The number of fused-ring (bicyclic) bond motifs is 2. The first-order valence-electron chi connectivity index (χ1n) is 7.44. The molecule has 4 nitrogen and oxygen atoms in total. The molecule has 2 aliphatic carbocycles. The van der Waals surface area contributed by atoms with Crippen LogP contribution in [-0.2, 0) is 6.42 Å². The van der Waals surface area contributed by atoms with Crippen LogP contribution in [0.1, 0.15) is 64.1 Å². The Morgan fingerprint density at radius 2 is 2.11 bits per heavy atom. The lowest BCUT2D eigenvalue weighted by Crippen LogP contribution is -2.28. The molecule has 4 heteroatoms. The Hall–Kier alpha value is -0.900. The lowest BCUT2D eigenvalue weighted by Gasteiger charge is -2.24. The van der Waals surface area contributed by atoms with Gasteiger partial charge in [-0.1, -0.05) is 32.3 Å². The second-order valence-corrected chi connectivity index (χ2v) is 7.41. The fourth-order valence-corrected chi connectivity index (χ4v) is 3.53. The third-order valence-electron chi connectivity index (χ3n) is 4.92. The number of hydrogen-bond donors (Lipinski definition) is 1. The maximum atomic E-state index is 10.1. The predicted molar refractivity (Wildman–Crippen MR) is 71.7 cm³/mol. The van der Waals surface area contributed by atoms with Crippen LogP contribution < -0.4 is 0 Å². The Kier molecular flexibility index (Phi) is 3.16. The molecule has 0 spiro atoms. The van der Waals surface area contributed by atoms with E-state index in [0.29, 0.717) is 18.2 Å². The Balaban J connectivity index is 1.67. The van der Waals surface area contributed by atoms with Gasteiger partial charge in [0.2, 0.25) is 5.89 Å². The number of aromatic nitrogens is 2. The van der Waals surface area contributed by atoms with Crippen molar-refractivity contribution in [3.63, 3.8) is 0 Å². The highest BCUT2D eigenvalue weighted by atomic mass is 16.5. The van der Waals surface area contributed by atoms with Crippen LogP contribution in [-0.4, -0.2) is 21.4 Å². The summed E-state index contributed by atoms with van der Waals surface area (Å²) in [4.78, 5) is 4.53. The first-order valence-corrected chi connectivity index (χ1v) is 7.44. The van der Waals surface area contributed by atoms with Crippen LogP contribution in [0.2, 0.25) is 0 Å². The van der Waals surface area contributed by atoms with Crippen molar-refractivity contribution in [2.45, 2.75) is 64.9 Å². The molecule has 0 aliphatic heterocycles. The summed E-state index contributed by atoms with van der Waals surface area (Å²) in [5, 5.41) is 14.2. The molecule has 0 aromatic carbocycles. The summed E-state index contributed by atoms with van der Waals surface area (Å²) >= 11 is 0.